The number of nitrogens with zero attached hydrogens (tertiary/aromatic N) is 2. The van der Waals surface area contributed by atoms with E-state index in [-0.39, 0.29) is 15.6 Å². The fraction of sp³-hybridized carbons (Fsp3) is 0. The van der Waals surface area contributed by atoms with Crippen LogP contribution in [0.3, 0.4) is 0 Å². The van der Waals surface area contributed by atoms with Crippen molar-refractivity contribution in [2.45, 2.75) is 9.92 Å². The van der Waals surface area contributed by atoms with Crippen molar-refractivity contribution in [3.8, 4) is 0 Å². The number of benzene rings is 1. The quantitative estimate of drug-likeness (QED) is 0.508. The van der Waals surface area contributed by atoms with E-state index < -0.39 is 32.0 Å². The van der Waals surface area contributed by atoms with Gasteiger partial charge in [0.05, 0.1) is 21.6 Å². The lowest BCUT2D eigenvalue weighted by atomic mass is 10.3. The first-order chi connectivity index (χ1) is 9.93. The minimum atomic E-state index is -1.96. The van der Waals surface area contributed by atoms with E-state index in [1.807, 2.05) is 0 Å². The van der Waals surface area contributed by atoms with Gasteiger partial charge in [0.1, 0.15) is 20.7 Å². The van der Waals surface area contributed by atoms with Crippen LogP contribution in [0.1, 0.15) is 10.5 Å². The molecule has 0 aliphatic rings. The normalized spacial score (nSPS) is 11.8. The van der Waals surface area contributed by atoms with E-state index in [1.165, 1.54) is 12.1 Å². The van der Waals surface area contributed by atoms with Crippen LogP contribution < -0.4 is 0 Å². The van der Waals surface area contributed by atoms with Gasteiger partial charge in [-0.25, -0.2) is 4.21 Å². The molecule has 9 nitrogen and oxygen atoms in total. The van der Waals surface area contributed by atoms with Crippen molar-refractivity contribution in [2.24, 2.45) is 0 Å². The Morgan fingerprint density at radius 3 is 2.33 bits per heavy atom. The summed E-state index contributed by atoms with van der Waals surface area (Å²) < 4.78 is 12.3. The third-order valence-electron chi connectivity index (χ3n) is 2.56. The summed E-state index contributed by atoms with van der Waals surface area (Å²) in [5, 5.41) is 21.7. The Balaban J connectivity index is 2.52. The Morgan fingerprint density at radius 2 is 1.81 bits per heavy atom. The van der Waals surface area contributed by atoms with Gasteiger partial charge in [0.15, 0.2) is 6.29 Å². The summed E-state index contributed by atoms with van der Waals surface area (Å²) in [4.78, 5) is 32.9. The summed E-state index contributed by atoms with van der Waals surface area (Å²) in [5.41, 5.74) is -0.921. The van der Waals surface area contributed by atoms with Crippen molar-refractivity contribution in [1.29, 1.82) is 0 Å². The molecule has 108 valence electrons. The van der Waals surface area contributed by atoms with E-state index in [2.05, 4.69) is 4.98 Å². The predicted octanol–water partition coefficient (Wildman–Crippen LogP) is 1.81. The number of aldehydes is 1. The van der Waals surface area contributed by atoms with E-state index in [0.717, 1.165) is 18.2 Å². The molecule has 0 aliphatic heterocycles. The minimum Gasteiger partial charge on any atom is -0.345 e. The first-order valence-corrected chi connectivity index (χ1v) is 6.58. The largest absolute Gasteiger partial charge is 0.345 e. The highest BCUT2D eigenvalue weighted by Crippen LogP contribution is 2.29. The number of non-ortho nitro benzene ring substituents is 1. The van der Waals surface area contributed by atoms with Gasteiger partial charge in [-0.15, -0.1) is 0 Å². The molecule has 0 spiro atoms. The number of aromatic nitrogens is 1. The molecule has 0 unspecified atom stereocenters. The lowest BCUT2D eigenvalue weighted by Gasteiger charge is -2.01. The average Bonchev–Trinajstić information content (AvgIpc) is 2.94. The number of carbonyl (C=O) groups excluding carboxylic acids is 1. The highest BCUT2D eigenvalue weighted by molar-refractivity contribution is 7.85. The summed E-state index contributed by atoms with van der Waals surface area (Å²) in [6.45, 7) is 0. The molecule has 0 saturated heterocycles. The molecule has 1 aromatic heterocycles. The van der Waals surface area contributed by atoms with Crippen LogP contribution in [0.2, 0.25) is 0 Å². The summed E-state index contributed by atoms with van der Waals surface area (Å²) in [7, 11) is -1.96. The van der Waals surface area contributed by atoms with Crippen molar-refractivity contribution in [3.63, 3.8) is 0 Å². The molecular weight excluding hydrogens is 302 g/mol. The van der Waals surface area contributed by atoms with E-state index in [1.54, 1.807) is 0 Å². The van der Waals surface area contributed by atoms with Crippen LogP contribution in [-0.2, 0) is 10.8 Å². The third kappa shape index (κ3) is 2.84. The van der Waals surface area contributed by atoms with Crippen molar-refractivity contribution >= 4 is 28.5 Å². The van der Waals surface area contributed by atoms with E-state index in [0.29, 0.717) is 6.29 Å². The third-order valence-corrected chi connectivity index (χ3v) is 3.94. The molecular formula is C11H7N3O6S. The molecule has 0 fully saturated rings. The highest BCUT2D eigenvalue weighted by Gasteiger charge is 2.24. The Morgan fingerprint density at radius 1 is 1.10 bits per heavy atom. The zero-order valence-corrected chi connectivity index (χ0v) is 11.0. The molecule has 0 aliphatic carbocycles. The fourth-order valence-electron chi connectivity index (χ4n) is 1.61. The van der Waals surface area contributed by atoms with Crippen LogP contribution in [0.15, 0.2) is 40.3 Å². The molecule has 0 saturated carbocycles. The van der Waals surface area contributed by atoms with Gasteiger partial charge in [0.2, 0.25) is 0 Å². The highest BCUT2D eigenvalue weighted by atomic mass is 32.2. The number of nitrogens with one attached hydrogen (secondary N) is 1. The number of hydrogen-bond donors (Lipinski definition) is 1. The van der Waals surface area contributed by atoms with Gasteiger partial charge in [-0.3, -0.25) is 25.0 Å². The second kappa shape index (κ2) is 5.63. The van der Waals surface area contributed by atoms with Crippen LogP contribution in [0.4, 0.5) is 11.4 Å². The van der Waals surface area contributed by atoms with Crippen molar-refractivity contribution in [2.75, 3.05) is 0 Å². The van der Waals surface area contributed by atoms with Gasteiger partial charge >= 0.3 is 0 Å². The summed E-state index contributed by atoms with van der Waals surface area (Å²) in [5.74, 6) is 0. The topological polar surface area (TPSA) is 136 Å². The zero-order chi connectivity index (χ0) is 15.6. The number of H-pyrrole nitrogens is 1. The molecule has 1 N–H and O–H groups in total. The first-order valence-electron chi connectivity index (χ1n) is 5.43. The molecule has 0 bridgehead atoms. The number of aromatic amines is 1. The van der Waals surface area contributed by atoms with Crippen molar-refractivity contribution in [3.05, 3.63) is 56.3 Å². The maximum absolute atomic E-state index is 12.3. The number of rotatable bonds is 5. The molecule has 1 aromatic carbocycles. The Hall–Kier alpha value is -2.88. The van der Waals surface area contributed by atoms with Gasteiger partial charge in [-0.1, -0.05) is 0 Å². The lowest BCUT2D eigenvalue weighted by Crippen LogP contribution is -2.01. The average molecular weight is 309 g/mol. The lowest BCUT2D eigenvalue weighted by molar-refractivity contribution is -0.396. The predicted molar refractivity (Wildman–Crippen MR) is 70.6 cm³/mol. The zero-order valence-electron chi connectivity index (χ0n) is 10.2. The van der Waals surface area contributed by atoms with Gasteiger partial charge in [-0.2, -0.15) is 0 Å². The molecule has 1 atom stereocenters. The van der Waals surface area contributed by atoms with Gasteiger partial charge in [-0.05, 0) is 18.2 Å². The Labute approximate surface area is 119 Å². The molecule has 10 heteroatoms. The van der Waals surface area contributed by atoms with E-state index in [4.69, 9.17) is 0 Å². The van der Waals surface area contributed by atoms with E-state index in [9.17, 15) is 29.2 Å². The second-order valence-corrected chi connectivity index (χ2v) is 5.25. The number of hydrogen-bond acceptors (Lipinski definition) is 6. The molecule has 0 amide bonds. The van der Waals surface area contributed by atoms with Crippen molar-refractivity contribution < 1.29 is 18.9 Å². The number of nitro benzene ring substituents is 2. The van der Waals surface area contributed by atoms with Gasteiger partial charge in [0.25, 0.3) is 11.4 Å². The van der Waals surface area contributed by atoms with Crippen LogP contribution in [-0.4, -0.2) is 25.3 Å². The summed E-state index contributed by atoms with van der Waals surface area (Å²) >= 11 is 0. The number of carbonyl (C=O) groups is 1. The van der Waals surface area contributed by atoms with Crippen molar-refractivity contribution in [1.82, 2.24) is 4.98 Å². The van der Waals surface area contributed by atoms with Crippen LogP contribution in [0, 0.1) is 20.2 Å². The Bertz CT molecular complexity index is 769. The Kier molecular flexibility index (Phi) is 3.89. The monoisotopic (exact) mass is 309 g/mol. The molecule has 1 heterocycles. The summed E-state index contributed by atoms with van der Waals surface area (Å²) in [6, 6.07) is 5.57. The number of nitro groups is 2. The van der Waals surface area contributed by atoms with Crippen LogP contribution >= 0.6 is 0 Å². The molecule has 2 rings (SSSR count). The maximum atomic E-state index is 12.3. The fourth-order valence-corrected chi connectivity index (χ4v) is 2.76. The second-order valence-electron chi connectivity index (χ2n) is 3.83. The van der Waals surface area contributed by atoms with Gasteiger partial charge < -0.3 is 4.98 Å². The standard InChI is InChI=1S/C11H7N3O6S/c15-6-7-1-4-11(12-7)21(20)10-3-2-8(13(16)17)5-9(10)14(18)19/h1-6,12H/t21-/m1/s1. The van der Waals surface area contributed by atoms with Crippen LogP contribution in [0.25, 0.3) is 0 Å². The molecule has 21 heavy (non-hydrogen) atoms. The minimum absolute atomic E-state index is 0.0917. The smallest absolute Gasteiger partial charge is 0.292 e. The van der Waals surface area contributed by atoms with E-state index >= 15 is 0 Å². The molecule has 0 radical (unpaired) electrons. The SMILES string of the molecule is O=Cc1ccc([S@](=O)c2ccc([N+](=O)[O-])cc2[N+](=O)[O-])[nH]1. The molecule has 2 aromatic rings. The first kappa shape index (κ1) is 14.5. The van der Waals surface area contributed by atoms with Gasteiger partial charge in [0, 0.05) is 6.07 Å². The summed E-state index contributed by atoms with van der Waals surface area (Å²) in [6.07, 6.45) is 0.505. The van der Waals surface area contributed by atoms with Crippen LogP contribution in [0.5, 0.6) is 0 Å². The maximum Gasteiger partial charge on any atom is 0.292 e.